The molecule has 2 aromatic rings. The van der Waals surface area contributed by atoms with Gasteiger partial charge in [-0.05, 0) is 49.7 Å². The van der Waals surface area contributed by atoms with Crippen LogP contribution in [0.25, 0.3) is 0 Å². The molecule has 2 aromatic carbocycles. The largest absolute Gasteiger partial charge is 0.486 e. The number of aryl methyl sites for hydroxylation is 1. The molecule has 0 saturated carbocycles. The fourth-order valence-corrected chi connectivity index (χ4v) is 4.46. The molecule has 0 N–H and O–H groups in total. The molecule has 0 unspecified atom stereocenters. The molecule has 7 heteroatoms. The monoisotopic (exact) mass is 367 g/mol. The lowest BCUT2D eigenvalue weighted by Gasteiger charge is -2.26. The molecule has 1 heterocycles. The van der Waals surface area contributed by atoms with Crippen LogP contribution < -0.4 is 13.8 Å². The highest BCUT2D eigenvalue weighted by Gasteiger charge is 2.26. The van der Waals surface area contributed by atoms with Crippen molar-refractivity contribution in [3.63, 3.8) is 0 Å². The minimum absolute atomic E-state index is 0.169. The molecule has 0 aromatic heterocycles. The van der Waals surface area contributed by atoms with Crippen molar-refractivity contribution < 1.29 is 17.9 Å². The van der Waals surface area contributed by atoms with E-state index >= 15 is 0 Å². The molecule has 1 aliphatic heterocycles. The van der Waals surface area contributed by atoms with Crippen LogP contribution in [-0.4, -0.2) is 28.2 Å². The first-order chi connectivity index (χ1) is 11.4. The Morgan fingerprint density at radius 1 is 1.08 bits per heavy atom. The van der Waals surface area contributed by atoms with Crippen LogP contribution in [-0.2, 0) is 10.0 Å². The van der Waals surface area contributed by atoms with E-state index in [1.165, 1.54) is 16.4 Å². The minimum atomic E-state index is -3.72. The normalized spacial score (nSPS) is 13.6. The van der Waals surface area contributed by atoms with Crippen LogP contribution in [0, 0.1) is 6.92 Å². The second-order valence-corrected chi connectivity index (χ2v) is 7.70. The molecule has 1 aliphatic rings. The molecule has 3 rings (SSSR count). The first-order valence-electron chi connectivity index (χ1n) is 7.62. The number of nitrogens with zero attached hydrogens (tertiary/aromatic N) is 1. The summed E-state index contributed by atoms with van der Waals surface area (Å²) in [5.74, 6) is 1.01. The van der Waals surface area contributed by atoms with Gasteiger partial charge in [0.25, 0.3) is 10.0 Å². The zero-order valence-electron chi connectivity index (χ0n) is 13.5. The van der Waals surface area contributed by atoms with E-state index < -0.39 is 10.0 Å². The average molecular weight is 368 g/mol. The molecule has 0 radical (unpaired) electrons. The first kappa shape index (κ1) is 16.9. The van der Waals surface area contributed by atoms with Gasteiger partial charge in [0.1, 0.15) is 13.2 Å². The standard InChI is InChI=1S/C17H18ClNO4S/c1-3-19(15-6-4-13(18)10-12(15)2)24(20,21)14-5-7-16-17(11-14)23-9-8-22-16/h4-7,10-11H,3,8-9H2,1-2H3. The van der Waals surface area contributed by atoms with Gasteiger partial charge in [0.15, 0.2) is 11.5 Å². The predicted molar refractivity (Wildman–Crippen MR) is 93.8 cm³/mol. The zero-order valence-corrected chi connectivity index (χ0v) is 15.0. The Morgan fingerprint density at radius 2 is 1.79 bits per heavy atom. The number of rotatable bonds is 4. The van der Waals surface area contributed by atoms with Crippen LogP contribution in [0.3, 0.4) is 0 Å². The molecule has 0 bridgehead atoms. The number of hydrogen-bond acceptors (Lipinski definition) is 4. The third-order valence-corrected chi connectivity index (χ3v) is 5.94. The van der Waals surface area contributed by atoms with Gasteiger partial charge in [0.05, 0.1) is 10.6 Å². The fraction of sp³-hybridized carbons (Fsp3) is 0.294. The second kappa shape index (κ2) is 6.53. The van der Waals surface area contributed by atoms with Crippen LogP contribution in [0.2, 0.25) is 5.02 Å². The summed E-state index contributed by atoms with van der Waals surface area (Å²) in [6, 6.07) is 9.83. The van der Waals surface area contributed by atoms with Crippen molar-refractivity contribution in [3.8, 4) is 11.5 Å². The zero-order chi connectivity index (χ0) is 17.3. The van der Waals surface area contributed by atoms with Crippen molar-refractivity contribution in [1.29, 1.82) is 0 Å². The third-order valence-electron chi connectivity index (χ3n) is 3.82. The Kier molecular flexibility index (Phi) is 4.60. The summed E-state index contributed by atoms with van der Waals surface area (Å²) in [6.45, 7) is 4.81. The van der Waals surface area contributed by atoms with Crippen LogP contribution in [0.15, 0.2) is 41.3 Å². The van der Waals surface area contributed by atoms with E-state index in [4.69, 9.17) is 21.1 Å². The van der Waals surface area contributed by atoms with Crippen LogP contribution in [0.4, 0.5) is 5.69 Å². The van der Waals surface area contributed by atoms with Crippen LogP contribution >= 0.6 is 11.6 Å². The van der Waals surface area contributed by atoms with E-state index in [1.54, 1.807) is 31.2 Å². The van der Waals surface area contributed by atoms with E-state index in [9.17, 15) is 8.42 Å². The molecule has 5 nitrogen and oxygen atoms in total. The Bertz CT molecular complexity index is 867. The third kappa shape index (κ3) is 3.03. The molecule has 0 atom stereocenters. The highest BCUT2D eigenvalue weighted by Crippen LogP contribution is 2.35. The van der Waals surface area contributed by atoms with Gasteiger partial charge < -0.3 is 9.47 Å². The Morgan fingerprint density at radius 3 is 2.46 bits per heavy atom. The van der Waals surface area contributed by atoms with Gasteiger partial charge in [-0.15, -0.1) is 0 Å². The molecule has 24 heavy (non-hydrogen) atoms. The highest BCUT2D eigenvalue weighted by atomic mass is 35.5. The van der Waals surface area contributed by atoms with E-state index in [2.05, 4.69) is 0 Å². The maximum absolute atomic E-state index is 13.1. The number of sulfonamides is 1. The molecular formula is C17H18ClNO4S. The predicted octanol–water partition coefficient (Wildman–Crippen LogP) is 3.63. The maximum Gasteiger partial charge on any atom is 0.264 e. The first-order valence-corrected chi connectivity index (χ1v) is 9.44. The van der Waals surface area contributed by atoms with Gasteiger partial charge in [-0.3, -0.25) is 4.31 Å². The lowest BCUT2D eigenvalue weighted by Crippen LogP contribution is -2.31. The van der Waals surface area contributed by atoms with Gasteiger partial charge in [-0.2, -0.15) is 0 Å². The molecule has 128 valence electrons. The van der Waals surface area contributed by atoms with Crippen molar-refractivity contribution in [2.24, 2.45) is 0 Å². The van der Waals surface area contributed by atoms with E-state index in [0.29, 0.717) is 42.0 Å². The maximum atomic E-state index is 13.1. The van der Waals surface area contributed by atoms with Crippen molar-refractivity contribution in [1.82, 2.24) is 0 Å². The molecular weight excluding hydrogens is 350 g/mol. The Hall–Kier alpha value is -1.92. The van der Waals surface area contributed by atoms with Gasteiger partial charge in [-0.1, -0.05) is 11.6 Å². The topological polar surface area (TPSA) is 55.8 Å². The average Bonchev–Trinajstić information content (AvgIpc) is 2.57. The number of hydrogen-bond donors (Lipinski definition) is 0. The highest BCUT2D eigenvalue weighted by molar-refractivity contribution is 7.92. The van der Waals surface area contributed by atoms with Crippen LogP contribution in [0.1, 0.15) is 12.5 Å². The number of halogens is 1. The molecule has 0 saturated heterocycles. The molecule has 0 spiro atoms. The van der Waals surface area contributed by atoms with Crippen molar-refractivity contribution in [2.45, 2.75) is 18.7 Å². The SMILES string of the molecule is CCN(c1ccc(Cl)cc1C)S(=O)(=O)c1ccc2c(c1)OCCO2. The quantitative estimate of drug-likeness (QED) is 0.828. The lowest BCUT2D eigenvalue weighted by atomic mass is 10.2. The molecule has 0 fully saturated rings. The van der Waals surface area contributed by atoms with Crippen molar-refractivity contribution in [3.05, 3.63) is 47.0 Å². The minimum Gasteiger partial charge on any atom is -0.486 e. The summed E-state index contributed by atoms with van der Waals surface area (Å²) in [4.78, 5) is 0.169. The van der Waals surface area contributed by atoms with E-state index in [0.717, 1.165) is 5.56 Å². The smallest absolute Gasteiger partial charge is 0.264 e. The lowest BCUT2D eigenvalue weighted by molar-refractivity contribution is 0.171. The number of fused-ring (bicyclic) bond motifs is 1. The van der Waals surface area contributed by atoms with Gasteiger partial charge in [-0.25, -0.2) is 8.42 Å². The van der Waals surface area contributed by atoms with Crippen LogP contribution in [0.5, 0.6) is 11.5 Å². The molecule has 0 amide bonds. The fourth-order valence-electron chi connectivity index (χ4n) is 2.68. The van der Waals surface area contributed by atoms with Crippen molar-refractivity contribution in [2.75, 3.05) is 24.1 Å². The number of anilines is 1. The van der Waals surface area contributed by atoms with E-state index in [1.807, 2.05) is 6.92 Å². The van der Waals surface area contributed by atoms with Gasteiger partial charge in [0.2, 0.25) is 0 Å². The van der Waals surface area contributed by atoms with Gasteiger partial charge in [0, 0.05) is 17.6 Å². The molecule has 0 aliphatic carbocycles. The summed E-state index contributed by atoms with van der Waals surface area (Å²) in [7, 11) is -3.72. The summed E-state index contributed by atoms with van der Waals surface area (Å²) in [5, 5.41) is 0.573. The summed E-state index contributed by atoms with van der Waals surface area (Å²) in [5.41, 5.74) is 1.40. The Balaban J connectivity index is 2.04. The summed E-state index contributed by atoms with van der Waals surface area (Å²) in [6.07, 6.45) is 0. The van der Waals surface area contributed by atoms with Crippen molar-refractivity contribution >= 4 is 27.3 Å². The Labute approximate surface area is 146 Å². The van der Waals surface area contributed by atoms with Gasteiger partial charge >= 0.3 is 0 Å². The summed E-state index contributed by atoms with van der Waals surface area (Å²) < 4.78 is 38.5. The number of benzene rings is 2. The summed E-state index contributed by atoms with van der Waals surface area (Å²) >= 11 is 5.98. The second-order valence-electron chi connectivity index (χ2n) is 5.41. The van der Waals surface area contributed by atoms with E-state index in [-0.39, 0.29) is 4.90 Å². The number of ether oxygens (including phenoxy) is 2.